The third kappa shape index (κ3) is 3.75. The Kier molecular flexibility index (Phi) is 5.20. The number of hydrogen-bond acceptors (Lipinski definition) is 6. The first kappa shape index (κ1) is 20.5. The lowest BCUT2D eigenvalue weighted by Gasteiger charge is -2.16. The molecule has 4 rings (SSSR count). The summed E-state index contributed by atoms with van der Waals surface area (Å²) in [5, 5.41) is 0. The van der Waals surface area contributed by atoms with E-state index < -0.39 is 10.0 Å². The SMILES string of the molecule is COc1ccc(S(=O)(=O)Nc2ccc3c(c2)C(=O)N(C)c2ccccc2O3)c(OC)c1. The molecule has 3 aromatic rings. The third-order valence-corrected chi connectivity index (χ3v) is 6.29. The van der Waals surface area contributed by atoms with E-state index in [-0.39, 0.29) is 27.8 Å². The molecule has 0 saturated carbocycles. The van der Waals surface area contributed by atoms with Crippen molar-refractivity contribution in [2.24, 2.45) is 0 Å². The lowest BCUT2D eigenvalue weighted by Crippen LogP contribution is -2.25. The Morgan fingerprint density at radius 3 is 2.45 bits per heavy atom. The van der Waals surface area contributed by atoms with Gasteiger partial charge in [-0.25, -0.2) is 8.42 Å². The maximum Gasteiger partial charge on any atom is 0.265 e. The summed E-state index contributed by atoms with van der Waals surface area (Å²) in [6, 6.07) is 16.1. The molecule has 1 aliphatic rings. The standard InChI is InChI=1S/C22H20N2O6S/c1-24-17-6-4-5-7-19(17)30-18-10-8-14(12-16(18)22(24)25)23-31(26,27)21-11-9-15(28-2)13-20(21)29-3/h4-13,23H,1-3H3. The molecule has 0 atom stereocenters. The van der Waals surface area contributed by atoms with Crippen molar-refractivity contribution < 1.29 is 27.4 Å². The van der Waals surface area contributed by atoms with Gasteiger partial charge in [0, 0.05) is 18.8 Å². The third-order valence-electron chi connectivity index (χ3n) is 4.87. The van der Waals surface area contributed by atoms with Gasteiger partial charge >= 0.3 is 0 Å². The fraction of sp³-hybridized carbons (Fsp3) is 0.136. The second kappa shape index (κ2) is 7.84. The molecule has 1 N–H and O–H groups in total. The Labute approximate surface area is 180 Å². The Bertz CT molecular complexity index is 1270. The van der Waals surface area contributed by atoms with Crippen LogP contribution in [0.2, 0.25) is 0 Å². The normalized spacial score (nSPS) is 12.9. The van der Waals surface area contributed by atoms with E-state index in [0.717, 1.165) is 0 Å². The average molecular weight is 440 g/mol. The number of amides is 1. The second-order valence-electron chi connectivity index (χ2n) is 6.77. The summed E-state index contributed by atoms with van der Waals surface area (Å²) in [6.45, 7) is 0. The Balaban J connectivity index is 1.70. The maximum atomic E-state index is 13.0. The number of sulfonamides is 1. The van der Waals surface area contributed by atoms with Crippen molar-refractivity contribution in [3.05, 3.63) is 66.2 Å². The molecule has 1 heterocycles. The number of para-hydroxylation sites is 2. The number of ether oxygens (including phenoxy) is 3. The molecule has 9 heteroatoms. The van der Waals surface area contributed by atoms with E-state index in [1.807, 2.05) is 12.1 Å². The van der Waals surface area contributed by atoms with E-state index in [9.17, 15) is 13.2 Å². The van der Waals surface area contributed by atoms with Crippen molar-refractivity contribution in [1.29, 1.82) is 0 Å². The second-order valence-corrected chi connectivity index (χ2v) is 8.42. The molecule has 0 unspecified atom stereocenters. The molecule has 0 fully saturated rings. The van der Waals surface area contributed by atoms with Crippen LogP contribution in [0.4, 0.5) is 11.4 Å². The summed E-state index contributed by atoms with van der Waals surface area (Å²) < 4.78 is 44.7. The van der Waals surface area contributed by atoms with Crippen molar-refractivity contribution >= 4 is 27.3 Å². The zero-order valence-corrected chi connectivity index (χ0v) is 17.9. The number of nitrogens with zero attached hydrogens (tertiary/aromatic N) is 1. The van der Waals surface area contributed by atoms with Crippen molar-refractivity contribution in [3.8, 4) is 23.0 Å². The molecule has 1 aliphatic heterocycles. The summed E-state index contributed by atoms with van der Waals surface area (Å²) in [4.78, 5) is 14.4. The number of rotatable bonds is 5. The van der Waals surface area contributed by atoms with E-state index in [1.54, 1.807) is 25.2 Å². The minimum atomic E-state index is -4.00. The molecule has 0 saturated heterocycles. The minimum absolute atomic E-state index is 0.0576. The van der Waals surface area contributed by atoms with Gasteiger partial charge in [-0.15, -0.1) is 0 Å². The van der Waals surface area contributed by atoms with E-state index in [2.05, 4.69) is 4.72 Å². The summed E-state index contributed by atoms with van der Waals surface area (Å²) >= 11 is 0. The van der Waals surface area contributed by atoms with Gasteiger partial charge in [-0.3, -0.25) is 9.52 Å². The molecule has 31 heavy (non-hydrogen) atoms. The van der Waals surface area contributed by atoms with Crippen LogP contribution in [-0.4, -0.2) is 35.6 Å². The monoisotopic (exact) mass is 440 g/mol. The fourth-order valence-corrected chi connectivity index (χ4v) is 4.49. The Morgan fingerprint density at radius 1 is 0.935 bits per heavy atom. The molecule has 0 aliphatic carbocycles. The van der Waals surface area contributed by atoms with Gasteiger partial charge < -0.3 is 19.1 Å². The highest BCUT2D eigenvalue weighted by Crippen LogP contribution is 2.39. The predicted molar refractivity (Wildman–Crippen MR) is 116 cm³/mol. The Morgan fingerprint density at radius 2 is 1.71 bits per heavy atom. The van der Waals surface area contributed by atoms with Gasteiger partial charge in [0.05, 0.1) is 25.5 Å². The average Bonchev–Trinajstić information content (AvgIpc) is 2.88. The van der Waals surface area contributed by atoms with Crippen molar-refractivity contribution in [1.82, 2.24) is 0 Å². The molecular formula is C22H20N2O6S. The van der Waals surface area contributed by atoms with Gasteiger partial charge in [-0.05, 0) is 42.5 Å². The van der Waals surface area contributed by atoms with E-state index in [4.69, 9.17) is 14.2 Å². The van der Waals surface area contributed by atoms with Crippen LogP contribution in [0.25, 0.3) is 0 Å². The molecule has 0 bridgehead atoms. The first-order chi connectivity index (χ1) is 14.8. The lowest BCUT2D eigenvalue weighted by atomic mass is 10.1. The minimum Gasteiger partial charge on any atom is -0.497 e. The highest BCUT2D eigenvalue weighted by Gasteiger charge is 2.27. The zero-order valence-electron chi connectivity index (χ0n) is 17.1. The Hall–Kier alpha value is -3.72. The zero-order chi connectivity index (χ0) is 22.2. The summed E-state index contributed by atoms with van der Waals surface area (Å²) in [6.07, 6.45) is 0. The van der Waals surface area contributed by atoms with Crippen LogP contribution in [0.3, 0.4) is 0 Å². The van der Waals surface area contributed by atoms with E-state index in [1.165, 1.54) is 49.5 Å². The number of methoxy groups -OCH3 is 2. The van der Waals surface area contributed by atoms with Crippen molar-refractivity contribution in [2.75, 3.05) is 30.9 Å². The molecule has 0 radical (unpaired) electrons. The van der Waals surface area contributed by atoms with Crippen LogP contribution in [0.1, 0.15) is 10.4 Å². The van der Waals surface area contributed by atoms with Crippen LogP contribution < -0.4 is 23.8 Å². The van der Waals surface area contributed by atoms with Crippen LogP contribution in [0.15, 0.2) is 65.6 Å². The lowest BCUT2D eigenvalue weighted by molar-refractivity contribution is 0.0993. The maximum absolute atomic E-state index is 13.0. The predicted octanol–water partition coefficient (Wildman–Crippen LogP) is 3.89. The van der Waals surface area contributed by atoms with Gasteiger partial charge in [-0.1, -0.05) is 12.1 Å². The fourth-order valence-electron chi connectivity index (χ4n) is 3.29. The summed E-state index contributed by atoms with van der Waals surface area (Å²) in [5.74, 6) is 1.16. The number of carbonyl (C=O) groups excluding carboxylic acids is 1. The highest BCUT2D eigenvalue weighted by atomic mass is 32.2. The molecule has 3 aromatic carbocycles. The smallest absolute Gasteiger partial charge is 0.265 e. The van der Waals surface area contributed by atoms with E-state index in [0.29, 0.717) is 22.9 Å². The molecule has 1 amide bonds. The van der Waals surface area contributed by atoms with Crippen LogP contribution >= 0.6 is 0 Å². The topological polar surface area (TPSA) is 94.2 Å². The summed E-state index contributed by atoms with van der Waals surface area (Å²) in [7, 11) is 0.492. The molecule has 8 nitrogen and oxygen atoms in total. The number of fused-ring (bicyclic) bond motifs is 2. The van der Waals surface area contributed by atoms with Crippen LogP contribution in [0.5, 0.6) is 23.0 Å². The first-order valence-corrected chi connectivity index (χ1v) is 10.8. The molecular weight excluding hydrogens is 420 g/mol. The van der Waals surface area contributed by atoms with Crippen LogP contribution in [0, 0.1) is 0 Å². The number of hydrogen-bond donors (Lipinski definition) is 1. The van der Waals surface area contributed by atoms with Gasteiger partial charge in [0.1, 0.15) is 22.1 Å². The van der Waals surface area contributed by atoms with Gasteiger partial charge in [0.15, 0.2) is 5.75 Å². The van der Waals surface area contributed by atoms with Crippen molar-refractivity contribution in [2.45, 2.75) is 4.90 Å². The number of benzene rings is 3. The summed E-state index contributed by atoms with van der Waals surface area (Å²) in [5.41, 5.74) is 1.07. The van der Waals surface area contributed by atoms with Crippen molar-refractivity contribution in [3.63, 3.8) is 0 Å². The largest absolute Gasteiger partial charge is 0.497 e. The molecule has 0 spiro atoms. The number of carbonyl (C=O) groups is 1. The highest BCUT2D eigenvalue weighted by molar-refractivity contribution is 7.92. The number of anilines is 2. The first-order valence-electron chi connectivity index (χ1n) is 9.28. The quantitative estimate of drug-likeness (QED) is 0.647. The van der Waals surface area contributed by atoms with Gasteiger partial charge in [0.2, 0.25) is 0 Å². The van der Waals surface area contributed by atoms with Crippen LogP contribution in [-0.2, 0) is 10.0 Å². The number of nitrogens with one attached hydrogen (secondary N) is 1. The molecule has 160 valence electrons. The molecule has 0 aromatic heterocycles. The van der Waals surface area contributed by atoms with Gasteiger partial charge in [0.25, 0.3) is 15.9 Å². The van der Waals surface area contributed by atoms with Gasteiger partial charge in [-0.2, -0.15) is 0 Å². The van der Waals surface area contributed by atoms with E-state index >= 15 is 0 Å².